The summed E-state index contributed by atoms with van der Waals surface area (Å²) in [5, 5.41) is 21.6. The maximum Gasteiger partial charge on any atom is 0.169 e. The van der Waals surface area contributed by atoms with E-state index in [2.05, 4.69) is 27.7 Å². The molecule has 0 unspecified atom stereocenters. The molecule has 5 heteroatoms. The van der Waals surface area contributed by atoms with Crippen LogP contribution in [0.15, 0.2) is 16.8 Å². The Bertz CT molecular complexity index is 584. The summed E-state index contributed by atoms with van der Waals surface area (Å²) < 4.78 is 0. The number of aromatic nitrogens is 2. The molecule has 0 radical (unpaired) electrons. The van der Waals surface area contributed by atoms with Gasteiger partial charge in [-0.25, -0.2) is 0 Å². The van der Waals surface area contributed by atoms with Crippen molar-refractivity contribution in [3.05, 3.63) is 39.2 Å². The fourth-order valence-corrected chi connectivity index (χ4v) is 2.39. The molecule has 0 atom stereocenters. The van der Waals surface area contributed by atoms with E-state index in [1.807, 2.05) is 31.2 Å². The number of hydrogen-bond donors (Lipinski definition) is 0. The lowest BCUT2D eigenvalue weighted by Gasteiger charge is -2.19. The lowest BCUT2D eigenvalue weighted by Crippen LogP contribution is -2.20. The van der Waals surface area contributed by atoms with Gasteiger partial charge in [0.1, 0.15) is 11.6 Å². The molecule has 0 aliphatic carbocycles. The highest BCUT2D eigenvalue weighted by molar-refractivity contribution is 7.07. The summed E-state index contributed by atoms with van der Waals surface area (Å²) in [5.41, 5.74) is 3.53. The van der Waals surface area contributed by atoms with Crippen LogP contribution in [0.3, 0.4) is 0 Å². The van der Waals surface area contributed by atoms with Crippen LogP contribution in [0.25, 0.3) is 0 Å². The number of nitriles is 1. The standard InChI is InChI=1S/C13H14N4S/c1-9-10(2)15-16-13(12(9)6-14)17(3)7-11-4-5-18-8-11/h4-5,8H,7H2,1-3H3. The number of nitrogens with zero attached hydrogens (tertiary/aromatic N) is 4. The van der Waals surface area contributed by atoms with Crippen molar-refractivity contribution in [2.45, 2.75) is 20.4 Å². The summed E-state index contributed by atoms with van der Waals surface area (Å²) in [5.74, 6) is 0.645. The smallest absolute Gasteiger partial charge is 0.169 e. The topological polar surface area (TPSA) is 52.8 Å². The molecule has 4 nitrogen and oxygen atoms in total. The third-order valence-corrected chi connectivity index (χ3v) is 3.64. The van der Waals surface area contributed by atoms with Crippen LogP contribution in [0, 0.1) is 25.2 Å². The first-order chi connectivity index (χ1) is 8.63. The Morgan fingerprint density at radius 1 is 1.39 bits per heavy atom. The second-order valence-corrected chi connectivity index (χ2v) is 4.99. The van der Waals surface area contributed by atoms with Gasteiger partial charge in [0.2, 0.25) is 0 Å². The molecule has 0 aromatic carbocycles. The molecule has 0 saturated heterocycles. The molecule has 0 amide bonds. The fourth-order valence-electron chi connectivity index (χ4n) is 1.73. The molecule has 2 rings (SSSR count). The van der Waals surface area contributed by atoms with Gasteiger partial charge in [0.15, 0.2) is 5.82 Å². The van der Waals surface area contributed by atoms with Gasteiger partial charge >= 0.3 is 0 Å². The van der Waals surface area contributed by atoms with Crippen LogP contribution in [0.4, 0.5) is 5.82 Å². The number of thiophene rings is 1. The van der Waals surface area contributed by atoms with E-state index in [1.165, 1.54) is 5.56 Å². The van der Waals surface area contributed by atoms with Crippen molar-refractivity contribution in [2.75, 3.05) is 11.9 Å². The van der Waals surface area contributed by atoms with Crippen molar-refractivity contribution in [1.82, 2.24) is 10.2 Å². The molecule has 2 heterocycles. The van der Waals surface area contributed by atoms with Crippen molar-refractivity contribution >= 4 is 17.2 Å². The Morgan fingerprint density at radius 3 is 2.78 bits per heavy atom. The van der Waals surface area contributed by atoms with E-state index in [1.54, 1.807) is 11.3 Å². The minimum Gasteiger partial charge on any atom is -0.353 e. The molecule has 92 valence electrons. The van der Waals surface area contributed by atoms with Gasteiger partial charge < -0.3 is 4.90 Å². The SMILES string of the molecule is Cc1nnc(N(C)Cc2ccsc2)c(C#N)c1C. The first-order valence-electron chi connectivity index (χ1n) is 5.59. The van der Waals surface area contributed by atoms with Crippen LogP contribution in [0.2, 0.25) is 0 Å². The molecule has 2 aromatic rings. The van der Waals surface area contributed by atoms with E-state index in [4.69, 9.17) is 0 Å². The van der Waals surface area contributed by atoms with Crippen molar-refractivity contribution in [3.63, 3.8) is 0 Å². The number of rotatable bonds is 3. The third kappa shape index (κ3) is 2.34. The van der Waals surface area contributed by atoms with Crippen LogP contribution in [0.5, 0.6) is 0 Å². The van der Waals surface area contributed by atoms with Gasteiger partial charge in [-0.1, -0.05) is 0 Å². The third-order valence-electron chi connectivity index (χ3n) is 2.91. The lowest BCUT2D eigenvalue weighted by molar-refractivity contribution is 0.848. The number of hydrogen-bond acceptors (Lipinski definition) is 5. The summed E-state index contributed by atoms with van der Waals surface area (Å²) in [4.78, 5) is 1.96. The molecule has 0 aliphatic heterocycles. The summed E-state index contributed by atoms with van der Waals surface area (Å²) in [6.07, 6.45) is 0. The highest BCUT2D eigenvalue weighted by Crippen LogP contribution is 2.22. The van der Waals surface area contributed by atoms with Crippen LogP contribution in [0.1, 0.15) is 22.4 Å². The maximum atomic E-state index is 9.26. The Balaban J connectivity index is 2.34. The van der Waals surface area contributed by atoms with Gasteiger partial charge in [0.05, 0.1) is 5.69 Å². The molecule has 0 fully saturated rings. The van der Waals surface area contributed by atoms with E-state index >= 15 is 0 Å². The van der Waals surface area contributed by atoms with Gasteiger partial charge in [0.25, 0.3) is 0 Å². The first kappa shape index (κ1) is 12.5. The van der Waals surface area contributed by atoms with Crippen LogP contribution in [-0.4, -0.2) is 17.2 Å². The van der Waals surface area contributed by atoms with E-state index < -0.39 is 0 Å². The number of anilines is 1. The monoisotopic (exact) mass is 258 g/mol. The normalized spacial score (nSPS) is 10.1. The van der Waals surface area contributed by atoms with E-state index in [0.29, 0.717) is 11.4 Å². The quantitative estimate of drug-likeness (QED) is 0.849. The van der Waals surface area contributed by atoms with Gasteiger partial charge in [0, 0.05) is 13.6 Å². The average molecular weight is 258 g/mol. The highest BCUT2D eigenvalue weighted by Gasteiger charge is 2.14. The van der Waals surface area contributed by atoms with Gasteiger partial charge in [-0.3, -0.25) is 0 Å². The largest absolute Gasteiger partial charge is 0.353 e. The van der Waals surface area contributed by atoms with Gasteiger partial charge in [-0.2, -0.15) is 21.7 Å². The molecule has 0 bridgehead atoms. The minimum absolute atomic E-state index is 0.611. The predicted octanol–water partition coefficient (Wildman–Crippen LogP) is 2.66. The zero-order valence-electron chi connectivity index (χ0n) is 10.6. The van der Waals surface area contributed by atoms with E-state index in [0.717, 1.165) is 17.8 Å². The Kier molecular flexibility index (Phi) is 3.58. The van der Waals surface area contributed by atoms with Crippen molar-refractivity contribution in [1.29, 1.82) is 5.26 Å². The predicted molar refractivity (Wildman–Crippen MR) is 72.6 cm³/mol. The lowest BCUT2D eigenvalue weighted by atomic mass is 10.1. The minimum atomic E-state index is 0.611. The maximum absolute atomic E-state index is 9.26. The molecular weight excluding hydrogens is 244 g/mol. The second-order valence-electron chi connectivity index (χ2n) is 4.21. The molecule has 0 aliphatic rings. The van der Waals surface area contributed by atoms with Crippen molar-refractivity contribution < 1.29 is 0 Å². The van der Waals surface area contributed by atoms with Crippen LogP contribution >= 0.6 is 11.3 Å². The summed E-state index contributed by atoms with van der Waals surface area (Å²) in [7, 11) is 1.93. The molecule has 0 saturated carbocycles. The molecule has 18 heavy (non-hydrogen) atoms. The van der Waals surface area contributed by atoms with E-state index in [-0.39, 0.29) is 0 Å². The highest BCUT2D eigenvalue weighted by atomic mass is 32.1. The fraction of sp³-hybridized carbons (Fsp3) is 0.308. The molecule has 0 spiro atoms. The second kappa shape index (κ2) is 5.15. The molecular formula is C13H14N4S. The number of aryl methyl sites for hydroxylation is 1. The molecule has 2 aromatic heterocycles. The van der Waals surface area contributed by atoms with E-state index in [9.17, 15) is 5.26 Å². The zero-order valence-corrected chi connectivity index (χ0v) is 11.5. The van der Waals surface area contributed by atoms with Crippen molar-refractivity contribution in [3.8, 4) is 6.07 Å². The Hall–Kier alpha value is -1.93. The Labute approximate surface area is 111 Å². The van der Waals surface area contributed by atoms with Crippen LogP contribution < -0.4 is 4.90 Å². The summed E-state index contributed by atoms with van der Waals surface area (Å²) in [6.45, 7) is 4.51. The summed E-state index contributed by atoms with van der Waals surface area (Å²) in [6, 6.07) is 4.29. The zero-order chi connectivity index (χ0) is 13.1. The summed E-state index contributed by atoms with van der Waals surface area (Å²) >= 11 is 1.66. The first-order valence-corrected chi connectivity index (χ1v) is 6.54. The van der Waals surface area contributed by atoms with Crippen LogP contribution in [-0.2, 0) is 6.54 Å². The Morgan fingerprint density at radius 2 is 2.17 bits per heavy atom. The van der Waals surface area contributed by atoms with Gasteiger partial charge in [-0.05, 0) is 41.8 Å². The van der Waals surface area contributed by atoms with Gasteiger partial charge in [-0.15, -0.1) is 5.10 Å². The average Bonchev–Trinajstić information content (AvgIpc) is 2.85. The van der Waals surface area contributed by atoms with Crippen molar-refractivity contribution in [2.24, 2.45) is 0 Å². The molecule has 0 N–H and O–H groups in total.